The Labute approximate surface area is 297 Å². The lowest BCUT2D eigenvalue weighted by atomic mass is 9.94. The Kier molecular flexibility index (Phi) is 14.6. The molecule has 0 bridgehead atoms. The van der Waals surface area contributed by atoms with Gasteiger partial charge in [0.2, 0.25) is 18.2 Å². The lowest BCUT2D eigenvalue weighted by Crippen LogP contribution is -2.66. The van der Waals surface area contributed by atoms with E-state index in [1.54, 1.807) is 24.4 Å². The molecule has 0 radical (unpaired) electrons. The van der Waals surface area contributed by atoms with E-state index in [1.165, 1.54) is 25.3 Å². The standard InChI is InChI=1S/C36H67NO7SSi3/c1-29-22-24-30(25-23-29)45(39,40)31(32(38)41-12)21-19-26-37(11)27-20-28-48(18,36(9,10)44-46(13,14)15)43-34(5,6)35(7,8)47(16,17)42-33(2,3)4/h19,21-26H,20,27-28H2,1-18H3/b26-19+,31-21+. The molecule has 1 rings (SSSR count). The van der Waals surface area contributed by atoms with Gasteiger partial charge in [-0.2, -0.15) is 0 Å². The molecular formula is C36H67NO7SSi3. The smallest absolute Gasteiger partial charge is 0.349 e. The van der Waals surface area contributed by atoms with E-state index in [9.17, 15) is 13.2 Å². The highest BCUT2D eigenvalue weighted by molar-refractivity contribution is 7.96. The summed E-state index contributed by atoms with van der Waals surface area (Å²) in [5.41, 5.74) is 0.185. The fourth-order valence-corrected chi connectivity index (χ4v) is 17.1. The van der Waals surface area contributed by atoms with Crippen molar-refractivity contribution in [2.45, 2.75) is 147 Å². The topological polar surface area (TPSA) is 91.4 Å². The minimum Gasteiger partial charge on any atom is -0.465 e. The molecular weight excluding hydrogens is 675 g/mol. The van der Waals surface area contributed by atoms with Gasteiger partial charge in [0, 0.05) is 24.2 Å². The first kappa shape index (κ1) is 44.5. The second-order valence-corrected chi connectivity index (χ2v) is 32.4. The van der Waals surface area contributed by atoms with Crippen LogP contribution in [0.25, 0.3) is 0 Å². The number of esters is 1. The zero-order chi connectivity index (χ0) is 37.8. The number of ether oxygens (including phenoxy) is 1. The van der Waals surface area contributed by atoms with Crippen LogP contribution in [0.4, 0.5) is 0 Å². The zero-order valence-electron chi connectivity index (χ0n) is 33.4. The van der Waals surface area contributed by atoms with Gasteiger partial charge < -0.3 is 22.9 Å². The van der Waals surface area contributed by atoms with Gasteiger partial charge in [0.25, 0.3) is 0 Å². The van der Waals surface area contributed by atoms with Gasteiger partial charge in [-0.3, -0.25) is 0 Å². The minimum absolute atomic E-state index is 0.0426. The third kappa shape index (κ3) is 11.8. The van der Waals surface area contributed by atoms with Crippen LogP contribution in [0.1, 0.15) is 74.3 Å². The largest absolute Gasteiger partial charge is 0.465 e. The molecule has 1 atom stereocenters. The van der Waals surface area contributed by atoms with E-state index in [0.29, 0.717) is 6.54 Å². The number of sulfone groups is 1. The summed E-state index contributed by atoms with van der Waals surface area (Å²) in [7, 11) is -7.72. The molecule has 0 aliphatic carbocycles. The van der Waals surface area contributed by atoms with E-state index in [0.717, 1.165) is 18.0 Å². The Morgan fingerprint density at radius 1 is 0.854 bits per heavy atom. The zero-order valence-corrected chi connectivity index (χ0v) is 37.2. The molecule has 1 aromatic carbocycles. The highest BCUT2D eigenvalue weighted by atomic mass is 32.2. The van der Waals surface area contributed by atoms with Crippen molar-refractivity contribution in [2.75, 3.05) is 20.7 Å². The number of allylic oxidation sites excluding steroid dienone is 2. The van der Waals surface area contributed by atoms with E-state index in [4.69, 9.17) is 18.0 Å². The maximum atomic E-state index is 13.3. The molecule has 0 heterocycles. The monoisotopic (exact) mass is 741 g/mol. The normalized spacial score (nSPS) is 15.8. The van der Waals surface area contributed by atoms with Crippen LogP contribution in [-0.2, 0) is 32.6 Å². The van der Waals surface area contributed by atoms with E-state index >= 15 is 0 Å². The lowest BCUT2D eigenvalue weighted by Gasteiger charge is -2.56. The highest BCUT2D eigenvalue weighted by Crippen LogP contribution is 2.52. The summed E-state index contributed by atoms with van der Waals surface area (Å²) in [6, 6.07) is 7.25. The van der Waals surface area contributed by atoms with Crippen LogP contribution in [0.5, 0.6) is 0 Å². The first-order chi connectivity index (χ1) is 21.3. The molecule has 0 aliphatic rings. The third-order valence-corrected chi connectivity index (χ3v) is 22.4. The van der Waals surface area contributed by atoms with Gasteiger partial charge in [-0.25, -0.2) is 13.2 Å². The van der Waals surface area contributed by atoms with Crippen LogP contribution in [-0.4, -0.2) is 81.4 Å². The van der Waals surface area contributed by atoms with E-state index in [1.807, 2.05) is 18.9 Å². The van der Waals surface area contributed by atoms with Gasteiger partial charge in [0.15, 0.2) is 21.5 Å². The van der Waals surface area contributed by atoms with Crippen LogP contribution in [0.15, 0.2) is 52.4 Å². The van der Waals surface area contributed by atoms with Gasteiger partial charge in [-0.1, -0.05) is 31.5 Å². The number of benzene rings is 1. The predicted molar refractivity (Wildman–Crippen MR) is 207 cm³/mol. The average molecular weight is 742 g/mol. The number of hydrogen-bond acceptors (Lipinski definition) is 8. The molecule has 1 unspecified atom stereocenters. The highest BCUT2D eigenvalue weighted by Gasteiger charge is 2.58. The van der Waals surface area contributed by atoms with E-state index < -0.39 is 56.5 Å². The first-order valence-electron chi connectivity index (χ1n) is 16.9. The van der Waals surface area contributed by atoms with Gasteiger partial charge in [0.1, 0.15) is 0 Å². The SMILES string of the molecule is COC(=O)/C(=C\C=C\N(C)CCC[Si](C)(OC(C)(C)C(C)(C)[Si](C)(C)OC(C)(C)C)C(C)(C)O[Si](C)(C)C)S(=O)(=O)c1ccc(C)cc1. The van der Waals surface area contributed by atoms with Gasteiger partial charge in [0.05, 0.1) is 22.8 Å². The summed E-state index contributed by atoms with van der Waals surface area (Å²) >= 11 is 0. The number of carbonyl (C=O) groups excluding carboxylic acids is 1. The fourth-order valence-electron chi connectivity index (χ4n) is 5.89. The minimum atomic E-state index is -4.06. The van der Waals surface area contributed by atoms with Gasteiger partial charge >= 0.3 is 5.97 Å². The molecule has 0 saturated carbocycles. The van der Waals surface area contributed by atoms with Gasteiger partial charge in [-0.05, 0) is 138 Å². The van der Waals surface area contributed by atoms with Crippen LogP contribution < -0.4 is 0 Å². The Bertz CT molecular complexity index is 1400. The Morgan fingerprint density at radius 3 is 1.83 bits per heavy atom. The molecule has 0 saturated heterocycles. The lowest BCUT2D eigenvalue weighted by molar-refractivity contribution is -0.135. The predicted octanol–water partition coefficient (Wildman–Crippen LogP) is 9.00. The van der Waals surface area contributed by atoms with Crippen molar-refractivity contribution in [3.05, 3.63) is 53.1 Å². The molecule has 276 valence electrons. The molecule has 0 fully saturated rings. The summed E-state index contributed by atoms with van der Waals surface area (Å²) in [5, 5.41) is -0.669. The van der Waals surface area contributed by atoms with Crippen LogP contribution in [0.2, 0.25) is 50.4 Å². The van der Waals surface area contributed by atoms with Crippen molar-refractivity contribution < 1.29 is 31.2 Å². The van der Waals surface area contributed by atoms with E-state index in [-0.39, 0.29) is 15.5 Å². The number of rotatable bonds is 17. The van der Waals surface area contributed by atoms with Crippen LogP contribution >= 0.6 is 0 Å². The third-order valence-electron chi connectivity index (χ3n) is 9.65. The van der Waals surface area contributed by atoms with Crippen LogP contribution in [0.3, 0.4) is 0 Å². The molecule has 0 aliphatic heterocycles. The molecule has 8 nitrogen and oxygen atoms in total. The number of aryl methyl sites for hydroxylation is 1. The summed E-state index contributed by atoms with van der Waals surface area (Å²) in [5.74, 6) is -0.906. The summed E-state index contributed by atoms with van der Waals surface area (Å²) in [6.45, 7) is 35.9. The van der Waals surface area contributed by atoms with E-state index in [2.05, 4.69) is 102 Å². The fraction of sp³-hybridized carbons (Fsp3) is 0.694. The molecule has 48 heavy (non-hydrogen) atoms. The second kappa shape index (κ2) is 15.8. The van der Waals surface area contributed by atoms with Crippen molar-refractivity contribution >= 4 is 40.8 Å². The first-order valence-corrected chi connectivity index (χ1v) is 27.3. The maximum Gasteiger partial charge on any atom is 0.349 e. The number of nitrogens with zero attached hydrogens (tertiary/aromatic N) is 1. The van der Waals surface area contributed by atoms with Crippen molar-refractivity contribution in [3.63, 3.8) is 0 Å². The maximum absolute atomic E-state index is 13.3. The molecule has 0 N–H and O–H groups in total. The molecule has 12 heteroatoms. The second-order valence-electron chi connectivity index (χ2n) is 17.2. The Hall–Kier alpha value is -1.55. The molecule has 0 spiro atoms. The van der Waals surface area contributed by atoms with Crippen LogP contribution in [0, 0.1) is 6.92 Å². The summed E-state index contributed by atoms with van der Waals surface area (Å²) in [6.07, 6.45) is 5.51. The number of hydrogen-bond donors (Lipinski definition) is 0. The van der Waals surface area contributed by atoms with Gasteiger partial charge in [-0.15, -0.1) is 0 Å². The average Bonchev–Trinajstić information content (AvgIpc) is 2.87. The number of methoxy groups -OCH3 is 1. The quantitative estimate of drug-likeness (QED) is 0.0677. The number of carbonyl (C=O) groups is 1. The summed E-state index contributed by atoms with van der Waals surface area (Å²) < 4.78 is 52.5. The van der Waals surface area contributed by atoms with Crippen molar-refractivity contribution in [1.82, 2.24) is 4.90 Å². The Morgan fingerprint density at radius 2 is 1.38 bits per heavy atom. The summed E-state index contributed by atoms with van der Waals surface area (Å²) in [4.78, 5) is 14.1. The molecule has 1 aromatic rings. The van der Waals surface area contributed by atoms with Crippen molar-refractivity contribution in [3.8, 4) is 0 Å². The molecule has 0 amide bonds. The molecule has 0 aromatic heterocycles. The van der Waals surface area contributed by atoms with Crippen molar-refractivity contribution in [2.24, 2.45) is 0 Å². The Balaban J connectivity index is 3.33. The van der Waals surface area contributed by atoms with Crippen molar-refractivity contribution in [1.29, 1.82) is 0 Å².